The number of aromatic nitrogens is 3. The summed E-state index contributed by atoms with van der Waals surface area (Å²) in [5.41, 5.74) is 3.91. The first-order valence-corrected chi connectivity index (χ1v) is 8.42. The van der Waals surface area contributed by atoms with Crippen LogP contribution in [0, 0.1) is 6.92 Å². The van der Waals surface area contributed by atoms with Gasteiger partial charge < -0.3 is 10.4 Å². The molecule has 3 rings (SSSR count). The Morgan fingerprint density at radius 2 is 2.39 bits per heavy atom. The van der Waals surface area contributed by atoms with Crippen molar-refractivity contribution >= 4 is 17.2 Å². The molecule has 2 N–H and O–H groups in total. The molecule has 1 fully saturated rings. The Kier molecular flexibility index (Phi) is 4.94. The maximum absolute atomic E-state index is 12.3. The zero-order chi connectivity index (χ0) is 16.2. The van der Waals surface area contributed by atoms with Gasteiger partial charge >= 0.3 is 0 Å². The number of nitrogens with zero attached hydrogens (tertiary/aromatic N) is 4. The zero-order valence-corrected chi connectivity index (χ0v) is 13.7. The zero-order valence-electron chi connectivity index (χ0n) is 12.8. The van der Waals surface area contributed by atoms with Crippen molar-refractivity contribution in [3.63, 3.8) is 0 Å². The first-order chi connectivity index (χ1) is 11.1. The minimum Gasteiger partial charge on any atom is -0.390 e. The van der Waals surface area contributed by atoms with Crippen LogP contribution in [-0.4, -0.2) is 56.1 Å². The lowest BCUT2D eigenvalue weighted by Gasteiger charge is -2.35. The van der Waals surface area contributed by atoms with Crippen molar-refractivity contribution in [1.82, 2.24) is 25.2 Å². The normalized spacial score (nSPS) is 22.0. The molecule has 0 bridgehead atoms. The van der Waals surface area contributed by atoms with Crippen LogP contribution in [0.3, 0.4) is 0 Å². The molecule has 122 valence electrons. The predicted octanol–water partition coefficient (Wildman–Crippen LogP) is 0.607. The minimum atomic E-state index is -0.601. The monoisotopic (exact) mass is 333 g/mol. The molecule has 23 heavy (non-hydrogen) atoms. The van der Waals surface area contributed by atoms with Gasteiger partial charge in [0.15, 0.2) is 0 Å². The van der Waals surface area contributed by atoms with Crippen LogP contribution in [0.4, 0.5) is 0 Å². The number of β-amino-alcohol motifs (C(OH)–C–C–N with tert-alkyl or cyclic N) is 1. The minimum absolute atomic E-state index is 0.236. The number of aliphatic hydroxyl groups excluding tert-OH is 1. The Labute approximate surface area is 138 Å². The quantitative estimate of drug-likeness (QED) is 0.852. The number of hydrogen-bond acceptors (Lipinski definition) is 7. The molecule has 1 aliphatic heterocycles. The first-order valence-electron chi connectivity index (χ1n) is 7.48. The summed E-state index contributed by atoms with van der Waals surface area (Å²) in [6.45, 7) is 3.83. The molecular weight excluding hydrogens is 314 g/mol. The van der Waals surface area contributed by atoms with Crippen LogP contribution in [0.25, 0.3) is 0 Å². The molecule has 1 aliphatic rings. The van der Waals surface area contributed by atoms with E-state index in [4.69, 9.17) is 0 Å². The third-order valence-electron chi connectivity index (χ3n) is 4.01. The average molecular weight is 333 g/mol. The fourth-order valence-corrected chi connectivity index (χ4v) is 3.26. The Morgan fingerprint density at radius 1 is 1.52 bits per heavy atom. The van der Waals surface area contributed by atoms with Gasteiger partial charge in [0.1, 0.15) is 6.33 Å². The van der Waals surface area contributed by atoms with Crippen LogP contribution in [0.5, 0.6) is 0 Å². The molecule has 2 atom stereocenters. The number of hydrogen-bond donors (Lipinski definition) is 2. The number of aliphatic hydroxyl groups is 1. The second-order valence-corrected chi connectivity index (χ2v) is 6.39. The Balaban J connectivity index is 1.56. The summed E-state index contributed by atoms with van der Waals surface area (Å²) in [6, 6.07) is -0.256. The predicted molar refractivity (Wildman–Crippen MR) is 86.0 cm³/mol. The van der Waals surface area contributed by atoms with Gasteiger partial charge in [0, 0.05) is 31.2 Å². The summed E-state index contributed by atoms with van der Waals surface area (Å²) < 4.78 is 0. The third-order valence-corrected chi connectivity index (χ3v) is 4.64. The Bertz CT molecular complexity index is 664. The summed E-state index contributed by atoms with van der Waals surface area (Å²) in [5.74, 6) is -0.236. The topological polar surface area (TPSA) is 91.2 Å². The van der Waals surface area contributed by atoms with Crippen molar-refractivity contribution in [2.45, 2.75) is 32.0 Å². The van der Waals surface area contributed by atoms with E-state index in [2.05, 4.69) is 25.2 Å². The SMILES string of the molecule is Cc1ncncc1C(=O)N[C@@H]1CCN(Cc2cscn2)C[C@H]1O. The second kappa shape index (κ2) is 7.12. The van der Waals surface area contributed by atoms with Crippen LogP contribution < -0.4 is 5.32 Å². The van der Waals surface area contributed by atoms with Crippen molar-refractivity contribution in [2.75, 3.05) is 13.1 Å². The molecule has 0 saturated carbocycles. The molecule has 2 aromatic heterocycles. The van der Waals surface area contributed by atoms with E-state index in [0.717, 1.165) is 18.8 Å². The van der Waals surface area contributed by atoms with Gasteiger partial charge in [-0.25, -0.2) is 15.0 Å². The standard InChI is InChI=1S/C15H19N5O2S/c1-10-12(4-16-8-17-10)15(22)19-13-2-3-20(6-14(13)21)5-11-7-23-9-18-11/h4,7-9,13-14,21H,2-3,5-6H2,1H3,(H,19,22)/t13-,14-/m1/s1. The molecule has 1 saturated heterocycles. The van der Waals surface area contributed by atoms with Crippen LogP contribution in [0.2, 0.25) is 0 Å². The fourth-order valence-electron chi connectivity index (χ4n) is 2.71. The van der Waals surface area contributed by atoms with E-state index in [-0.39, 0.29) is 11.9 Å². The molecule has 0 unspecified atom stereocenters. The first kappa shape index (κ1) is 16.0. The van der Waals surface area contributed by atoms with Gasteiger partial charge in [0.2, 0.25) is 0 Å². The number of thiazole rings is 1. The number of nitrogens with one attached hydrogen (secondary N) is 1. The third kappa shape index (κ3) is 3.90. The van der Waals surface area contributed by atoms with E-state index in [1.807, 2.05) is 10.9 Å². The van der Waals surface area contributed by atoms with Gasteiger partial charge in [-0.1, -0.05) is 0 Å². The number of piperidine rings is 1. The average Bonchev–Trinajstić information content (AvgIpc) is 3.03. The largest absolute Gasteiger partial charge is 0.390 e. The lowest BCUT2D eigenvalue weighted by atomic mass is 10.0. The van der Waals surface area contributed by atoms with Gasteiger partial charge in [0.25, 0.3) is 5.91 Å². The molecule has 0 spiro atoms. The summed E-state index contributed by atoms with van der Waals surface area (Å²) in [7, 11) is 0. The molecule has 3 heterocycles. The van der Waals surface area contributed by atoms with Crippen molar-refractivity contribution in [3.05, 3.63) is 40.4 Å². The summed E-state index contributed by atoms with van der Waals surface area (Å²) in [6.07, 6.45) is 3.01. The molecule has 2 aromatic rings. The highest BCUT2D eigenvalue weighted by Gasteiger charge is 2.29. The van der Waals surface area contributed by atoms with Crippen LogP contribution in [0.15, 0.2) is 23.4 Å². The maximum atomic E-state index is 12.3. The summed E-state index contributed by atoms with van der Waals surface area (Å²) >= 11 is 1.57. The smallest absolute Gasteiger partial charge is 0.255 e. The van der Waals surface area contributed by atoms with E-state index in [1.165, 1.54) is 12.5 Å². The lowest BCUT2D eigenvalue weighted by molar-refractivity contribution is 0.0345. The van der Waals surface area contributed by atoms with E-state index >= 15 is 0 Å². The maximum Gasteiger partial charge on any atom is 0.255 e. The van der Waals surface area contributed by atoms with Gasteiger partial charge in [-0.05, 0) is 13.3 Å². The molecule has 0 aromatic carbocycles. The molecule has 1 amide bonds. The summed E-state index contributed by atoms with van der Waals surface area (Å²) in [4.78, 5) is 26.6. The van der Waals surface area contributed by atoms with Crippen molar-refractivity contribution in [1.29, 1.82) is 0 Å². The molecule has 7 nitrogen and oxygen atoms in total. The van der Waals surface area contributed by atoms with Crippen molar-refractivity contribution in [3.8, 4) is 0 Å². The summed E-state index contributed by atoms with van der Waals surface area (Å²) in [5, 5.41) is 15.2. The van der Waals surface area contributed by atoms with Gasteiger partial charge in [-0.15, -0.1) is 11.3 Å². The van der Waals surface area contributed by atoms with E-state index < -0.39 is 6.10 Å². The van der Waals surface area contributed by atoms with Crippen molar-refractivity contribution < 1.29 is 9.90 Å². The van der Waals surface area contributed by atoms with E-state index in [9.17, 15) is 9.90 Å². The van der Waals surface area contributed by atoms with E-state index in [1.54, 1.807) is 18.3 Å². The van der Waals surface area contributed by atoms with Crippen molar-refractivity contribution in [2.24, 2.45) is 0 Å². The van der Waals surface area contributed by atoms with Crippen LogP contribution in [0.1, 0.15) is 28.2 Å². The fraction of sp³-hybridized carbons (Fsp3) is 0.467. The van der Waals surface area contributed by atoms with Gasteiger partial charge in [-0.3, -0.25) is 9.69 Å². The number of likely N-dealkylation sites (tertiary alicyclic amines) is 1. The van der Waals surface area contributed by atoms with Gasteiger partial charge in [0.05, 0.1) is 34.6 Å². The van der Waals surface area contributed by atoms with Gasteiger partial charge in [-0.2, -0.15) is 0 Å². The molecule has 0 aliphatic carbocycles. The van der Waals surface area contributed by atoms with E-state index in [0.29, 0.717) is 24.2 Å². The molecule has 0 radical (unpaired) electrons. The number of carbonyl (C=O) groups excluding carboxylic acids is 1. The molecular formula is C15H19N5O2S. The second-order valence-electron chi connectivity index (χ2n) is 5.67. The molecule has 8 heteroatoms. The Morgan fingerprint density at radius 3 is 3.09 bits per heavy atom. The van der Waals surface area contributed by atoms with Crippen LogP contribution in [-0.2, 0) is 6.54 Å². The highest BCUT2D eigenvalue weighted by molar-refractivity contribution is 7.07. The number of aryl methyl sites for hydroxylation is 1. The number of rotatable bonds is 4. The lowest BCUT2D eigenvalue weighted by Crippen LogP contribution is -2.53. The number of amides is 1. The van der Waals surface area contributed by atoms with Crippen LogP contribution >= 0.6 is 11.3 Å². The highest BCUT2D eigenvalue weighted by Crippen LogP contribution is 2.15. The Hall–Kier alpha value is -1.90. The highest BCUT2D eigenvalue weighted by atomic mass is 32.1. The number of carbonyl (C=O) groups is 1.